The molecule has 1 heterocycles. The Morgan fingerprint density at radius 2 is 2.23 bits per heavy atom. The van der Waals surface area contributed by atoms with E-state index < -0.39 is 5.47 Å². The van der Waals surface area contributed by atoms with Crippen molar-refractivity contribution in [2.45, 2.75) is 44.0 Å². The molecule has 120 valence electrons. The van der Waals surface area contributed by atoms with Gasteiger partial charge in [0.1, 0.15) is 5.75 Å². The first-order valence-corrected chi connectivity index (χ1v) is 11.9. The van der Waals surface area contributed by atoms with Crippen molar-refractivity contribution < 1.29 is 9.26 Å². The Balaban J connectivity index is 1.92. The van der Waals surface area contributed by atoms with Crippen molar-refractivity contribution in [1.82, 2.24) is 0 Å². The minimum atomic E-state index is -2.11. The van der Waals surface area contributed by atoms with E-state index in [1.165, 1.54) is 5.57 Å². The Bertz CT molecular complexity index is 645. The summed E-state index contributed by atoms with van der Waals surface area (Å²) < 4.78 is 12.1. The Morgan fingerprint density at radius 1 is 1.50 bits per heavy atom. The Kier molecular flexibility index (Phi) is 4.50. The van der Waals surface area contributed by atoms with Gasteiger partial charge in [0.2, 0.25) is 0 Å². The second-order valence-electron chi connectivity index (χ2n) is 6.48. The summed E-state index contributed by atoms with van der Waals surface area (Å²) in [5.74, 6) is 1.46. The van der Waals surface area contributed by atoms with Crippen LogP contribution >= 0.6 is 16.8 Å². The fraction of sp³-hybridized carbons (Fsp3) is 0.529. The highest BCUT2D eigenvalue weighted by Gasteiger charge is 2.53. The highest BCUT2D eigenvalue weighted by atomic mass is 32.9. The molecule has 0 radical (unpaired) electrons. The molecule has 0 spiro atoms. The first kappa shape index (κ1) is 16.6. The normalized spacial score (nSPS) is 37.6. The lowest BCUT2D eigenvalue weighted by Crippen LogP contribution is -2.40. The molecule has 1 saturated heterocycles. The lowest BCUT2D eigenvalue weighted by Gasteiger charge is -2.38. The molecule has 5 heteroatoms. The van der Waals surface area contributed by atoms with Crippen molar-refractivity contribution in [3.63, 3.8) is 0 Å². The van der Waals surface area contributed by atoms with Crippen LogP contribution in [0.5, 0.6) is 5.75 Å². The third-order valence-electron chi connectivity index (χ3n) is 4.84. The molecule has 0 unspecified atom stereocenters. The lowest BCUT2D eigenvalue weighted by molar-refractivity contribution is 0.0684. The molecule has 1 aliphatic heterocycles. The topological polar surface area (TPSA) is 18.5 Å². The van der Waals surface area contributed by atoms with Gasteiger partial charge in [-0.15, -0.1) is 0 Å². The molecule has 0 bridgehead atoms. The number of fused-ring (bicyclic) bond motifs is 1. The number of methoxy groups -OCH3 is 1. The molecule has 1 aromatic rings. The average molecular weight is 354 g/mol. The summed E-state index contributed by atoms with van der Waals surface area (Å²) in [4.78, 5) is 0. The van der Waals surface area contributed by atoms with Crippen molar-refractivity contribution >= 4 is 34.0 Å². The average Bonchev–Trinajstić information content (AvgIpc) is 2.77. The summed E-state index contributed by atoms with van der Waals surface area (Å²) in [6.07, 6.45) is 3.35. The Hall–Kier alpha value is -0.280. The van der Waals surface area contributed by atoms with Gasteiger partial charge in [0.05, 0.1) is 18.0 Å². The van der Waals surface area contributed by atoms with Crippen LogP contribution in [0.2, 0.25) is 0 Å². The molecule has 2 nitrogen and oxygen atoms in total. The minimum Gasteiger partial charge on any atom is -0.496 e. The van der Waals surface area contributed by atoms with Crippen LogP contribution in [0, 0.1) is 5.92 Å². The molecule has 0 N–H and O–H groups in total. The fourth-order valence-electron chi connectivity index (χ4n) is 3.38. The largest absolute Gasteiger partial charge is 0.496 e. The molecule has 2 fully saturated rings. The van der Waals surface area contributed by atoms with Crippen molar-refractivity contribution in [2.24, 2.45) is 5.92 Å². The van der Waals surface area contributed by atoms with Crippen molar-refractivity contribution in [1.29, 1.82) is 0 Å². The van der Waals surface area contributed by atoms with E-state index in [4.69, 9.17) is 21.1 Å². The second kappa shape index (κ2) is 5.98. The molecular formula is C17H23O2PS2. The van der Waals surface area contributed by atoms with Gasteiger partial charge in [0.15, 0.2) is 5.47 Å². The van der Waals surface area contributed by atoms with Crippen LogP contribution in [0.15, 0.2) is 36.4 Å². The van der Waals surface area contributed by atoms with Crippen molar-refractivity contribution in [2.75, 3.05) is 7.11 Å². The summed E-state index contributed by atoms with van der Waals surface area (Å²) in [6.45, 7) is 8.53. The maximum Gasteiger partial charge on any atom is 0.153 e. The summed E-state index contributed by atoms with van der Waals surface area (Å²) in [5, 5.41) is 1.53. The van der Waals surface area contributed by atoms with E-state index in [-0.39, 0.29) is 5.60 Å². The first-order chi connectivity index (χ1) is 10.4. The van der Waals surface area contributed by atoms with E-state index in [0.717, 1.165) is 30.3 Å². The van der Waals surface area contributed by atoms with Gasteiger partial charge in [-0.05, 0) is 51.2 Å². The van der Waals surface area contributed by atoms with Crippen LogP contribution in [-0.4, -0.2) is 18.0 Å². The number of benzene rings is 1. The number of para-hydroxylation sites is 1. The predicted molar refractivity (Wildman–Crippen MR) is 99.9 cm³/mol. The SMILES string of the molecule is C=C(C)[C@H]1CC[C@@]2(C)O[P@@](=S)(c3ccccc3OC)S[C@@H]2C1. The van der Waals surface area contributed by atoms with E-state index >= 15 is 0 Å². The molecule has 1 saturated carbocycles. The molecule has 2 aliphatic rings. The molecular weight excluding hydrogens is 331 g/mol. The van der Waals surface area contributed by atoms with Crippen molar-refractivity contribution in [3.8, 4) is 5.75 Å². The van der Waals surface area contributed by atoms with Crippen molar-refractivity contribution in [3.05, 3.63) is 36.4 Å². The molecule has 4 atom stereocenters. The smallest absolute Gasteiger partial charge is 0.153 e. The van der Waals surface area contributed by atoms with Crippen LogP contribution < -0.4 is 10.0 Å². The van der Waals surface area contributed by atoms with Gasteiger partial charge in [0, 0.05) is 5.25 Å². The van der Waals surface area contributed by atoms with Crippen LogP contribution in [0.4, 0.5) is 0 Å². The van der Waals surface area contributed by atoms with Crippen LogP contribution in [0.3, 0.4) is 0 Å². The van der Waals surface area contributed by atoms with Crippen LogP contribution in [-0.2, 0) is 16.3 Å². The van der Waals surface area contributed by atoms with E-state index in [2.05, 4.69) is 26.5 Å². The number of allylic oxidation sites excluding steroid dienone is 1. The molecule has 0 amide bonds. The van der Waals surface area contributed by atoms with Crippen LogP contribution in [0.25, 0.3) is 0 Å². The summed E-state index contributed by atoms with van der Waals surface area (Å²) in [7, 11) is 1.70. The van der Waals surface area contributed by atoms with Gasteiger partial charge >= 0.3 is 0 Å². The first-order valence-electron chi connectivity index (χ1n) is 7.66. The Morgan fingerprint density at radius 3 is 2.91 bits per heavy atom. The summed E-state index contributed by atoms with van der Waals surface area (Å²) >= 11 is 7.91. The minimum absolute atomic E-state index is 0.104. The fourth-order valence-corrected chi connectivity index (χ4v) is 11.5. The van der Waals surface area contributed by atoms with Gasteiger partial charge in [-0.2, -0.15) is 0 Å². The number of ether oxygens (including phenoxy) is 1. The van der Waals surface area contributed by atoms with Crippen LogP contribution in [0.1, 0.15) is 33.1 Å². The van der Waals surface area contributed by atoms with Gasteiger partial charge < -0.3 is 9.26 Å². The molecule has 0 aromatic heterocycles. The maximum absolute atomic E-state index is 6.58. The number of hydrogen-bond donors (Lipinski definition) is 0. The highest BCUT2D eigenvalue weighted by molar-refractivity contribution is 8.72. The number of rotatable bonds is 3. The maximum atomic E-state index is 6.58. The zero-order valence-electron chi connectivity index (χ0n) is 13.4. The lowest BCUT2D eigenvalue weighted by atomic mass is 9.77. The number of hydrogen-bond acceptors (Lipinski definition) is 4. The van der Waals surface area contributed by atoms with Gasteiger partial charge in [-0.1, -0.05) is 47.5 Å². The zero-order valence-corrected chi connectivity index (χ0v) is 15.9. The third kappa shape index (κ3) is 2.80. The molecule has 22 heavy (non-hydrogen) atoms. The van der Waals surface area contributed by atoms with E-state index in [1.54, 1.807) is 7.11 Å². The van der Waals surface area contributed by atoms with E-state index in [0.29, 0.717) is 11.2 Å². The highest BCUT2D eigenvalue weighted by Crippen LogP contribution is 2.74. The third-order valence-corrected chi connectivity index (χ3v) is 11.7. The molecule has 1 aromatic carbocycles. The zero-order chi connectivity index (χ0) is 16.0. The van der Waals surface area contributed by atoms with Gasteiger partial charge in [0.25, 0.3) is 0 Å². The monoisotopic (exact) mass is 354 g/mol. The van der Waals surface area contributed by atoms with E-state index in [1.807, 2.05) is 29.6 Å². The van der Waals surface area contributed by atoms with E-state index in [9.17, 15) is 0 Å². The standard InChI is InChI=1S/C17H23O2PS2/c1-12(2)13-9-10-17(3)16(11-13)22-20(21,19-17)15-8-6-5-7-14(15)18-4/h5-8,13,16H,1,9-11H2,2-4H3/t13-,16+,17+,20+/m0/s1. The molecule has 1 aliphatic carbocycles. The quantitative estimate of drug-likeness (QED) is 0.568. The van der Waals surface area contributed by atoms with Gasteiger partial charge in [-0.3, -0.25) is 0 Å². The second-order valence-corrected chi connectivity index (χ2v) is 13.3. The molecule has 3 rings (SSSR count). The Labute approximate surface area is 142 Å². The predicted octanol–water partition coefficient (Wildman–Crippen LogP) is 4.90. The summed E-state index contributed by atoms with van der Waals surface area (Å²) in [5.41, 5.74) is -0.921. The summed E-state index contributed by atoms with van der Waals surface area (Å²) in [6, 6.07) is 8.06. The van der Waals surface area contributed by atoms with Gasteiger partial charge in [-0.25, -0.2) is 0 Å².